The van der Waals surface area contributed by atoms with Crippen molar-refractivity contribution in [3.63, 3.8) is 0 Å². The molecule has 0 radical (unpaired) electrons. The highest BCUT2D eigenvalue weighted by atomic mass is 32.1. The molecule has 0 saturated heterocycles. The first-order valence-electron chi connectivity index (χ1n) is 8.38. The molecule has 1 N–H and O–H groups in total. The summed E-state index contributed by atoms with van der Waals surface area (Å²) in [6, 6.07) is 10.1. The predicted octanol–water partition coefficient (Wildman–Crippen LogP) is 3.75. The Kier molecular flexibility index (Phi) is 5.95. The Morgan fingerprint density at radius 3 is 2.71 bits per heavy atom. The number of hydrogen-bond acceptors (Lipinski definition) is 6. The maximum Gasteiger partial charge on any atom is 0.343 e. The lowest BCUT2D eigenvalue weighted by molar-refractivity contribution is 0.0729. The number of halogens is 1. The second kappa shape index (κ2) is 8.57. The number of benzene rings is 2. The van der Waals surface area contributed by atoms with Gasteiger partial charge in [-0.15, -0.1) is 0 Å². The fourth-order valence-electron chi connectivity index (χ4n) is 2.39. The average Bonchev–Trinajstić information content (AvgIpc) is 3.07. The minimum absolute atomic E-state index is 0.232. The zero-order valence-electron chi connectivity index (χ0n) is 15.2. The number of nitrogens with one attached hydrogen (secondary N) is 1. The molecule has 0 saturated carbocycles. The Morgan fingerprint density at radius 1 is 1.29 bits per heavy atom. The number of methoxy groups -OCH3 is 1. The SMILES string of the molecule is CCc1n[nH]c(=S)n1/N=C\c1ccc(OC(=O)c2ccc(F)cc2)c(OC)c1. The van der Waals surface area contributed by atoms with E-state index in [-0.39, 0.29) is 11.3 Å². The van der Waals surface area contributed by atoms with Crippen LogP contribution in [0, 0.1) is 10.6 Å². The van der Waals surface area contributed by atoms with Crippen LogP contribution in [0.3, 0.4) is 0 Å². The van der Waals surface area contributed by atoms with Crippen LogP contribution in [-0.2, 0) is 6.42 Å². The van der Waals surface area contributed by atoms with Crippen molar-refractivity contribution in [2.75, 3.05) is 7.11 Å². The first kappa shape index (κ1) is 19.4. The van der Waals surface area contributed by atoms with Crippen LogP contribution in [0.4, 0.5) is 4.39 Å². The van der Waals surface area contributed by atoms with Crippen molar-refractivity contribution in [2.24, 2.45) is 5.10 Å². The van der Waals surface area contributed by atoms with E-state index in [1.807, 2.05) is 6.92 Å². The molecule has 0 unspecified atom stereocenters. The van der Waals surface area contributed by atoms with Gasteiger partial charge in [0, 0.05) is 6.42 Å². The van der Waals surface area contributed by atoms with E-state index >= 15 is 0 Å². The molecule has 0 fully saturated rings. The molecule has 28 heavy (non-hydrogen) atoms. The Hall–Kier alpha value is -3.33. The van der Waals surface area contributed by atoms with E-state index in [9.17, 15) is 9.18 Å². The van der Waals surface area contributed by atoms with Crippen molar-refractivity contribution >= 4 is 24.4 Å². The molecule has 0 spiro atoms. The Morgan fingerprint density at radius 2 is 2.04 bits per heavy atom. The van der Waals surface area contributed by atoms with Gasteiger partial charge in [-0.3, -0.25) is 5.10 Å². The van der Waals surface area contributed by atoms with Crippen molar-refractivity contribution in [3.05, 3.63) is 70.0 Å². The summed E-state index contributed by atoms with van der Waals surface area (Å²) in [5, 5.41) is 11.1. The second-order valence-electron chi connectivity index (χ2n) is 5.66. The number of ether oxygens (including phenoxy) is 2. The fourth-order valence-corrected chi connectivity index (χ4v) is 2.59. The quantitative estimate of drug-likeness (QED) is 0.295. The topological polar surface area (TPSA) is 81.5 Å². The van der Waals surface area contributed by atoms with E-state index in [2.05, 4.69) is 15.3 Å². The Labute approximate surface area is 165 Å². The van der Waals surface area contributed by atoms with E-state index < -0.39 is 11.8 Å². The summed E-state index contributed by atoms with van der Waals surface area (Å²) in [7, 11) is 1.47. The van der Waals surface area contributed by atoms with Gasteiger partial charge in [-0.05, 0) is 60.2 Å². The van der Waals surface area contributed by atoms with Crippen LogP contribution < -0.4 is 9.47 Å². The summed E-state index contributed by atoms with van der Waals surface area (Å²) < 4.78 is 25.6. The van der Waals surface area contributed by atoms with E-state index in [1.54, 1.807) is 24.4 Å². The van der Waals surface area contributed by atoms with Crippen molar-refractivity contribution in [3.8, 4) is 11.5 Å². The number of esters is 1. The van der Waals surface area contributed by atoms with Crippen LogP contribution in [0.25, 0.3) is 0 Å². The smallest absolute Gasteiger partial charge is 0.343 e. The van der Waals surface area contributed by atoms with Gasteiger partial charge in [-0.25, -0.2) is 9.18 Å². The second-order valence-corrected chi connectivity index (χ2v) is 6.05. The third-order valence-electron chi connectivity index (χ3n) is 3.83. The van der Waals surface area contributed by atoms with Gasteiger partial charge in [0.05, 0.1) is 18.9 Å². The van der Waals surface area contributed by atoms with Crippen LogP contribution >= 0.6 is 12.2 Å². The molecule has 3 aromatic rings. The average molecular weight is 400 g/mol. The molecule has 0 atom stereocenters. The number of nitrogens with zero attached hydrogens (tertiary/aromatic N) is 3. The summed E-state index contributed by atoms with van der Waals surface area (Å²) in [5.41, 5.74) is 0.944. The van der Waals surface area contributed by atoms with Gasteiger partial charge >= 0.3 is 5.97 Å². The van der Waals surface area contributed by atoms with Crippen molar-refractivity contribution in [1.82, 2.24) is 14.9 Å². The highest BCUT2D eigenvalue weighted by molar-refractivity contribution is 7.71. The van der Waals surface area contributed by atoms with Crippen LogP contribution in [-0.4, -0.2) is 34.2 Å². The first-order valence-corrected chi connectivity index (χ1v) is 8.79. The molecule has 144 valence electrons. The van der Waals surface area contributed by atoms with E-state index in [0.717, 1.165) is 0 Å². The zero-order chi connectivity index (χ0) is 20.1. The summed E-state index contributed by atoms with van der Waals surface area (Å²) >= 11 is 5.15. The standard InChI is InChI=1S/C19H17FN4O3S/c1-3-17-22-23-19(28)24(17)21-11-12-4-9-15(16(10-12)26-2)27-18(25)13-5-7-14(20)8-6-13/h4-11H,3H2,1-2H3,(H,23,28)/b21-11-. The van der Waals surface area contributed by atoms with Gasteiger partial charge in [0.15, 0.2) is 17.3 Å². The minimum atomic E-state index is -0.614. The molecule has 3 rings (SSSR count). The molecule has 9 heteroatoms. The largest absolute Gasteiger partial charge is 0.493 e. The minimum Gasteiger partial charge on any atom is -0.493 e. The summed E-state index contributed by atoms with van der Waals surface area (Å²) in [4.78, 5) is 12.2. The summed E-state index contributed by atoms with van der Waals surface area (Å²) in [6.07, 6.45) is 2.27. The van der Waals surface area contributed by atoms with Crippen molar-refractivity contribution in [1.29, 1.82) is 0 Å². The van der Waals surface area contributed by atoms with Gasteiger partial charge in [-0.2, -0.15) is 14.9 Å². The molecule has 0 aliphatic heterocycles. The molecular weight excluding hydrogens is 383 g/mol. The van der Waals surface area contributed by atoms with Crippen molar-refractivity contribution in [2.45, 2.75) is 13.3 Å². The molecule has 0 aliphatic carbocycles. The van der Waals surface area contributed by atoms with Gasteiger partial charge < -0.3 is 9.47 Å². The predicted molar refractivity (Wildman–Crippen MR) is 104 cm³/mol. The lowest BCUT2D eigenvalue weighted by Gasteiger charge is -2.10. The number of H-pyrrole nitrogens is 1. The third kappa shape index (κ3) is 4.32. The van der Waals surface area contributed by atoms with Crippen LogP contribution in [0.2, 0.25) is 0 Å². The maximum atomic E-state index is 13.0. The van der Waals surface area contributed by atoms with E-state index in [0.29, 0.717) is 28.3 Å². The van der Waals surface area contributed by atoms with Crippen LogP contribution in [0.5, 0.6) is 11.5 Å². The Bertz CT molecular complexity index is 1070. The lowest BCUT2D eigenvalue weighted by Crippen LogP contribution is -2.09. The molecule has 1 aromatic heterocycles. The van der Waals surface area contributed by atoms with Crippen LogP contribution in [0.1, 0.15) is 28.7 Å². The Balaban J connectivity index is 1.81. The number of carbonyl (C=O) groups excluding carboxylic acids is 1. The van der Waals surface area contributed by atoms with Crippen LogP contribution in [0.15, 0.2) is 47.6 Å². The highest BCUT2D eigenvalue weighted by Crippen LogP contribution is 2.28. The molecule has 0 amide bonds. The fraction of sp³-hybridized carbons (Fsp3) is 0.158. The number of carbonyl (C=O) groups is 1. The highest BCUT2D eigenvalue weighted by Gasteiger charge is 2.13. The van der Waals surface area contributed by atoms with Crippen molar-refractivity contribution < 1.29 is 18.7 Å². The number of rotatable bonds is 6. The molecule has 1 heterocycles. The molecule has 0 bridgehead atoms. The normalized spacial score (nSPS) is 11.0. The van der Waals surface area contributed by atoms with Gasteiger partial charge in [0.1, 0.15) is 5.82 Å². The number of aromatic amines is 1. The van der Waals surface area contributed by atoms with E-state index in [4.69, 9.17) is 21.7 Å². The maximum absolute atomic E-state index is 13.0. The molecule has 7 nitrogen and oxygen atoms in total. The number of aryl methyl sites for hydroxylation is 1. The molecule has 2 aromatic carbocycles. The van der Waals surface area contributed by atoms with Gasteiger partial charge in [0.2, 0.25) is 4.77 Å². The summed E-state index contributed by atoms with van der Waals surface area (Å²) in [5.74, 6) is 0.255. The molecule has 0 aliphatic rings. The molecular formula is C19H17FN4O3S. The number of hydrogen-bond donors (Lipinski definition) is 1. The summed E-state index contributed by atoms with van der Waals surface area (Å²) in [6.45, 7) is 1.95. The van der Waals surface area contributed by atoms with Gasteiger partial charge in [0.25, 0.3) is 0 Å². The number of aromatic nitrogens is 3. The monoisotopic (exact) mass is 400 g/mol. The third-order valence-corrected chi connectivity index (χ3v) is 4.09. The first-order chi connectivity index (χ1) is 13.5. The zero-order valence-corrected chi connectivity index (χ0v) is 16.0. The van der Waals surface area contributed by atoms with Gasteiger partial charge in [-0.1, -0.05) is 6.92 Å². The van der Waals surface area contributed by atoms with E-state index in [1.165, 1.54) is 36.1 Å². The lowest BCUT2D eigenvalue weighted by atomic mass is 10.2.